The Hall–Kier alpha value is -6.56. The summed E-state index contributed by atoms with van der Waals surface area (Å²) in [5.41, 5.74) is 12.7. The van der Waals surface area contributed by atoms with Gasteiger partial charge in [0, 0.05) is 30.2 Å². The fourth-order valence-corrected chi connectivity index (χ4v) is 9.31. The second-order valence-corrected chi connectivity index (χ2v) is 14.9. The van der Waals surface area contributed by atoms with Crippen LogP contribution in [0.4, 0.5) is 22.7 Å². The number of aryl methyl sites for hydroxylation is 2. The maximum Gasteiger partial charge on any atom is 0.0960 e. The van der Waals surface area contributed by atoms with Crippen LogP contribution in [0.1, 0.15) is 24.0 Å². The standard InChI is InChI=1S/C52H38N2/c1-3-15-39-31-41(23-21-35(39)11-1)51-45-27-25-44(54-30-10-18-38-14-6-8-20-50(38)54)34-48(45)52(42-24-22-36-12-2-4-16-40(36)32-42)46-28-26-43(33-47(46)51)53-29-9-17-37-13-5-7-19-49(37)53/h1-7,11-16,19,21-28,31-34H,9-10,17-18,29-30H2. The van der Waals surface area contributed by atoms with Gasteiger partial charge in [0.15, 0.2) is 0 Å². The zero-order chi connectivity index (χ0) is 35.6. The third kappa shape index (κ3) is 5.04. The normalized spacial score (nSPS) is 14.0. The molecular formula is C52H38N2. The van der Waals surface area contributed by atoms with Crippen LogP contribution in [0.5, 0.6) is 0 Å². The highest BCUT2D eigenvalue weighted by Crippen LogP contribution is 2.48. The van der Waals surface area contributed by atoms with Gasteiger partial charge in [-0.2, -0.15) is 0 Å². The van der Waals surface area contributed by atoms with Gasteiger partial charge in [-0.05, 0) is 163 Å². The van der Waals surface area contributed by atoms with Crippen molar-refractivity contribution in [3.63, 3.8) is 0 Å². The van der Waals surface area contributed by atoms with Crippen molar-refractivity contribution in [2.24, 2.45) is 0 Å². The zero-order valence-electron chi connectivity index (χ0n) is 30.1. The number of nitrogens with zero attached hydrogens (tertiary/aromatic N) is 2. The van der Waals surface area contributed by atoms with Crippen molar-refractivity contribution in [1.82, 2.24) is 0 Å². The molecule has 0 amide bonds. The number of rotatable bonds is 4. The molecule has 0 unspecified atom stereocenters. The first-order valence-electron chi connectivity index (χ1n) is 19.3. The molecule has 0 saturated carbocycles. The highest BCUT2D eigenvalue weighted by atomic mass is 15.1. The van der Waals surface area contributed by atoms with Gasteiger partial charge in [0.25, 0.3) is 0 Å². The Labute approximate surface area is 316 Å². The monoisotopic (exact) mass is 690 g/mol. The summed E-state index contributed by atoms with van der Waals surface area (Å²) in [6.07, 6.45) is 4.46. The molecule has 0 aromatic heterocycles. The Balaban J connectivity index is 1.24. The zero-order valence-corrected chi connectivity index (χ0v) is 30.1. The van der Waals surface area contributed by atoms with E-state index in [1.807, 2.05) is 6.07 Å². The van der Waals surface area contributed by atoms with Crippen molar-refractivity contribution < 1.29 is 0 Å². The van der Waals surface area contributed by atoms with E-state index < -0.39 is 0 Å². The molecule has 256 valence electrons. The van der Waals surface area contributed by atoms with Crippen molar-refractivity contribution in [2.75, 3.05) is 22.9 Å². The summed E-state index contributed by atoms with van der Waals surface area (Å²) in [5.74, 6) is 0. The topological polar surface area (TPSA) is 6.48 Å². The van der Waals surface area contributed by atoms with Gasteiger partial charge in [0.1, 0.15) is 0 Å². The maximum atomic E-state index is 3.48. The summed E-state index contributed by atoms with van der Waals surface area (Å²) in [5, 5.41) is 10.1. The van der Waals surface area contributed by atoms with E-state index in [0.717, 1.165) is 44.5 Å². The average molecular weight is 691 g/mol. The number of fused-ring (bicyclic) bond motifs is 6. The van der Waals surface area contributed by atoms with E-state index in [2.05, 4.69) is 174 Å². The third-order valence-corrected chi connectivity index (χ3v) is 11.9. The fourth-order valence-electron chi connectivity index (χ4n) is 9.31. The van der Waals surface area contributed by atoms with E-state index in [0.29, 0.717) is 0 Å². The number of hydrogen-bond donors (Lipinski definition) is 0. The highest BCUT2D eigenvalue weighted by Gasteiger charge is 2.24. The summed E-state index contributed by atoms with van der Waals surface area (Å²) in [6.45, 7) is 1.97. The molecular weight excluding hydrogens is 653 g/mol. The largest absolute Gasteiger partial charge is 0.341 e. The van der Waals surface area contributed by atoms with Crippen LogP contribution in [0.15, 0.2) is 158 Å². The predicted octanol–water partition coefficient (Wildman–Crippen LogP) is 13.4. The molecule has 0 aliphatic carbocycles. The molecule has 2 heteroatoms. The van der Waals surface area contributed by atoms with Crippen molar-refractivity contribution in [3.8, 4) is 22.3 Å². The van der Waals surface area contributed by atoms with E-state index in [-0.39, 0.29) is 0 Å². The van der Waals surface area contributed by atoms with Crippen LogP contribution in [-0.4, -0.2) is 13.1 Å². The molecule has 0 N–H and O–H groups in total. The van der Waals surface area contributed by atoms with Crippen molar-refractivity contribution in [3.05, 3.63) is 181 Å². The molecule has 0 bridgehead atoms. The quantitative estimate of drug-likeness (QED) is 0.170. The van der Waals surface area contributed by atoms with Gasteiger partial charge in [0.2, 0.25) is 0 Å². The first kappa shape index (κ1) is 31.0. The van der Waals surface area contributed by atoms with Crippen LogP contribution in [0.25, 0.3) is 65.3 Å². The lowest BCUT2D eigenvalue weighted by Crippen LogP contribution is -2.24. The summed E-state index contributed by atoms with van der Waals surface area (Å²) in [4.78, 5) is 4.99. The molecule has 0 spiro atoms. The molecule has 2 aliphatic rings. The Morgan fingerprint density at radius 3 is 1.65 bits per heavy atom. The SMILES string of the molecule is c1ccc2c(c#1)N(c1ccc3c(-c4ccc5ccccc5c4)c4cc(N5CCCc6ccccc65)ccc4c(-c4ccc5ccccc5c4)c3c1)CCC2. The second kappa shape index (κ2) is 12.5. The molecule has 2 aliphatic heterocycles. The molecule has 11 rings (SSSR count). The lowest BCUT2D eigenvalue weighted by Gasteiger charge is -2.32. The first-order chi connectivity index (χ1) is 26.8. The minimum Gasteiger partial charge on any atom is -0.341 e. The fraction of sp³-hybridized carbons (Fsp3) is 0.115. The minimum atomic E-state index is 0.962. The molecule has 9 aromatic carbocycles. The van der Waals surface area contributed by atoms with Crippen LogP contribution >= 0.6 is 0 Å². The molecule has 2 nitrogen and oxygen atoms in total. The first-order valence-corrected chi connectivity index (χ1v) is 19.3. The van der Waals surface area contributed by atoms with E-state index in [4.69, 9.17) is 0 Å². The van der Waals surface area contributed by atoms with Crippen LogP contribution < -0.4 is 9.80 Å². The molecule has 54 heavy (non-hydrogen) atoms. The van der Waals surface area contributed by atoms with Gasteiger partial charge in [-0.15, -0.1) is 0 Å². The number of hydrogen-bond acceptors (Lipinski definition) is 2. The van der Waals surface area contributed by atoms with Crippen molar-refractivity contribution in [2.45, 2.75) is 25.7 Å². The minimum absolute atomic E-state index is 0.962. The number of benzene rings is 8. The molecule has 2 heterocycles. The van der Waals surface area contributed by atoms with Crippen LogP contribution in [-0.2, 0) is 12.8 Å². The van der Waals surface area contributed by atoms with Crippen molar-refractivity contribution in [1.29, 1.82) is 0 Å². The maximum absolute atomic E-state index is 3.48. The third-order valence-electron chi connectivity index (χ3n) is 11.9. The van der Waals surface area contributed by atoms with E-state index in [1.165, 1.54) is 93.5 Å². The lowest BCUT2D eigenvalue weighted by atomic mass is 9.84. The van der Waals surface area contributed by atoms with Gasteiger partial charge >= 0.3 is 0 Å². The van der Waals surface area contributed by atoms with E-state index in [9.17, 15) is 0 Å². The van der Waals surface area contributed by atoms with Gasteiger partial charge < -0.3 is 9.80 Å². The summed E-state index contributed by atoms with van der Waals surface area (Å²) in [7, 11) is 0. The number of para-hydroxylation sites is 1. The summed E-state index contributed by atoms with van der Waals surface area (Å²) >= 11 is 0. The second-order valence-electron chi connectivity index (χ2n) is 14.9. The van der Waals surface area contributed by atoms with E-state index in [1.54, 1.807) is 0 Å². The van der Waals surface area contributed by atoms with Crippen molar-refractivity contribution >= 4 is 65.8 Å². The Morgan fingerprint density at radius 1 is 0.426 bits per heavy atom. The smallest absolute Gasteiger partial charge is 0.0960 e. The Morgan fingerprint density at radius 2 is 0.981 bits per heavy atom. The highest BCUT2D eigenvalue weighted by molar-refractivity contribution is 6.23. The molecule has 0 fully saturated rings. The van der Waals surface area contributed by atoms with E-state index >= 15 is 0 Å². The summed E-state index contributed by atoms with van der Waals surface area (Å²) in [6, 6.07) is 65.8. The van der Waals surface area contributed by atoms with Crippen LogP contribution in [0.3, 0.4) is 0 Å². The molecule has 0 radical (unpaired) electrons. The number of anilines is 4. The average Bonchev–Trinajstić information content (AvgIpc) is 3.24. The molecule has 0 atom stereocenters. The summed E-state index contributed by atoms with van der Waals surface area (Å²) < 4.78 is 0. The van der Waals surface area contributed by atoms with Crippen LogP contribution in [0, 0.1) is 12.1 Å². The van der Waals surface area contributed by atoms with Gasteiger partial charge in [-0.3, -0.25) is 0 Å². The lowest BCUT2D eigenvalue weighted by molar-refractivity contribution is 0.767. The Bertz CT molecular complexity index is 2720. The Kier molecular flexibility index (Phi) is 7.20. The van der Waals surface area contributed by atoms with Crippen LogP contribution in [0.2, 0.25) is 0 Å². The van der Waals surface area contributed by atoms with Gasteiger partial charge in [0.05, 0.1) is 5.69 Å². The molecule has 0 saturated heterocycles. The van der Waals surface area contributed by atoms with Gasteiger partial charge in [-0.25, -0.2) is 0 Å². The van der Waals surface area contributed by atoms with Gasteiger partial charge in [-0.1, -0.05) is 109 Å². The predicted molar refractivity (Wildman–Crippen MR) is 229 cm³/mol. The molecule has 9 aromatic rings.